The number of carboxylic acids is 1. The van der Waals surface area contributed by atoms with E-state index in [2.05, 4.69) is 10.3 Å². The van der Waals surface area contributed by atoms with Gasteiger partial charge in [0.05, 0.1) is 17.8 Å². The number of halogens is 1. The topological polar surface area (TPSA) is 79.3 Å². The molecular weight excluding hydrogens is 244 g/mol. The molecule has 2 N–H and O–H groups in total. The lowest BCUT2D eigenvalue weighted by atomic mass is 10.2. The molecule has 0 aliphatic heterocycles. The van der Waals surface area contributed by atoms with E-state index in [4.69, 9.17) is 16.7 Å². The Kier molecular flexibility index (Phi) is 5.42. The Hall–Kier alpha value is -1.62. The number of hydrogen-bond donors (Lipinski definition) is 2. The minimum absolute atomic E-state index is 0.117. The highest BCUT2D eigenvalue weighted by Crippen LogP contribution is 2.02. The maximum absolute atomic E-state index is 11.3. The maximum Gasteiger partial charge on any atom is 0.335 e. The van der Waals surface area contributed by atoms with Crippen LogP contribution in [0.15, 0.2) is 18.3 Å². The summed E-state index contributed by atoms with van der Waals surface area (Å²) in [6.07, 6.45) is 2.39. The van der Waals surface area contributed by atoms with Crippen LogP contribution in [0.2, 0.25) is 0 Å². The molecule has 1 amide bonds. The highest BCUT2D eigenvalue weighted by molar-refractivity contribution is 6.17. The van der Waals surface area contributed by atoms with Crippen LogP contribution in [0, 0.1) is 0 Å². The van der Waals surface area contributed by atoms with Gasteiger partial charge in [0.15, 0.2) is 0 Å². The lowest BCUT2D eigenvalue weighted by Gasteiger charge is -2.04. The highest BCUT2D eigenvalue weighted by Gasteiger charge is 2.05. The summed E-state index contributed by atoms with van der Waals surface area (Å²) in [5, 5.41) is 11.4. The molecule has 0 atom stereocenters. The second-order valence-electron chi connectivity index (χ2n) is 3.41. The second kappa shape index (κ2) is 6.85. The van der Waals surface area contributed by atoms with E-state index in [1.165, 1.54) is 18.3 Å². The Labute approximate surface area is 104 Å². The van der Waals surface area contributed by atoms with Crippen LogP contribution in [-0.2, 0) is 11.3 Å². The third kappa shape index (κ3) is 4.82. The van der Waals surface area contributed by atoms with Gasteiger partial charge in [0.1, 0.15) is 0 Å². The van der Waals surface area contributed by atoms with Crippen LogP contribution in [-0.4, -0.2) is 27.8 Å². The van der Waals surface area contributed by atoms with E-state index in [0.717, 1.165) is 0 Å². The first-order valence-corrected chi connectivity index (χ1v) is 5.68. The number of carbonyl (C=O) groups is 2. The van der Waals surface area contributed by atoms with Crippen molar-refractivity contribution in [3.05, 3.63) is 29.6 Å². The number of aromatic nitrogens is 1. The first-order valence-electron chi connectivity index (χ1n) is 5.14. The van der Waals surface area contributed by atoms with Crippen molar-refractivity contribution in [3.8, 4) is 0 Å². The Morgan fingerprint density at radius 1 is 1.47 bits per heavy atom. The summed E-state index contributed by atoms with van der Waals surface area (Å²) in [6.45, 7) is 0.224. The zero-order valence-electron chi connectivity index (χ0n) is 9.15. The Bertz CT molecular complexity index is 409. The van der Waals surface area contributed by atoms with Gasteiger partial charge in [-0.2, -0.15) is 0 Å². The van der Waals surface area contributed by atoms with Crippen molar-refractivity contribution in [3.63, 3.8) is 0 Å². The fourth-order valence-corrected chi connectivity index (χ4v) is 1.35. The molecule has 0 spiro atoms. The monoisotopic (exact) mass is 256 g/mol. The van der Waals surface area contributed by atoms with Crippen molar-refractivity contribution in [2.45, 2.75) is 19.4 Å². The van der Waals surface area contributed by atoms with E-state index < -0.39 is 5.97 Å². The van der Waals surface area contributed by atoms with Gasteiger partial charge in [0.25, 0.3) is 0 Å². The number of aromatic carboxylic acids is 1. The molecule has 0 saturated heterocycles. The van der Waals surface area contributed by atoms with Crippen molar-refractivity contribution in [1.82, 2.24) is 10.3 Å². The fourth-order valence-electron chi connectivity index (χ4n) is 1.21. The summed E-state index contributed by atoms with van der Waals surface area (Å²) in [5.41, 5.74) is 0.675. The van der Waals surface area contributed by atoms with Crippen molar-refractivity contribution in [1.29, 1.82) is 0 Å². The van der Waals surface area contributed by atoms with E-state index in [1.807, 2.05) is 0 Å². The number of nitrogens with one attached hydrogen (secondary N) is 1. The summed E-state index contributed by atoms with van der Waals surface area (Å²) in [5.74, 6) is -0.685. The van der Waals surface area contributed by atoms with Crippen molar-refractivity contribution < 1.29 is 14.7 Å². The van der Waals surface area contributed by atoms with Gasteiger partial charge in [0.2, 0.25) is 5.91 Å². The first kappa shape index (κ1) is 13.4. The van der Waals surface area contributed by atoms with Crippen LogP contribution in [0.1, 0.15) is 28.9 Å². The molecule has 0 aliphatic carbocycles. The molecule has 0 aliphatic rings. The lowest BCUT2D eigenvalue weighted by Crippen LogP contribution is -2.23. The summed E-state index contributed by atoms with van der Waals surface area (Å²) in [7, 11) is 0. The molecule has 1 heterocycles. The van der Waals surface area contributed by atoms with Crippen molar-refractivity contribution in [2.75, 3.05) is 5.88 Å². The van der Waals surface area contributed by atoms with E-state index in [0.29, 0.717) is 24.4 Å². The summed E-state index contributed by atoms with van der Waals surface area (Å²) in [4.78, 5) is 26.0. The molecule has 0 fully saturated rings. The minimum atomic E-state index is -1.01. The molecule has 0 saturated carbocycles. The number of pyridine rings is 1. The van der Waals surface area contributed by atoms with E-state index in [1.54, 1.807) is 0 Å². The largest absolute Gasteiger partial charge is 0.478 e. The van der Waals surface area contributed by atoms with Gasteiger partial charge >= 0.3 is 5.97 Å². The second-order valence-corrected chi connectivity index (χ2v) is 3.79. The molecule has 92 valence electrons. The lowest BCUT2D eigenvalue weighted by molar-refractivity contribution is -0.121. The quantitative estimate of drug-likeness (QED) is 0.755. The van der Waals surface area contributed by atoms with E-state index in [9.17, 15) is 9.59 Å². The Morgan fingerprint density at radius 2 is 2.24 bits per heavy atom. The van der Waals surface area contributed by atoms with Crippen LogP contribution >= 0.6 is 11.6 Å². The average molecular weight is 257 g/mol. The summed E-state index contributed by atoms with van der Waals surface area (Å²) < 4.78 is 0. The number of carboxylic acid groups (broad SMARTS) is 1. The predicted octanol–water partition coefficient (Wildman–Crippen LogP) is 1.42. The molecule has 0 aromatic carbocycles. The minimum Gasteiger partial charge on any atom is -0.478 e. The van der Waals surface area contributed by atoms with Crippen LogP contribution in [0.5, 0.6) is 0 Å². The van der Waals surface area contributed by atoms with Gasteiger partial charge in [0, 0.05) is 18.5 Å². The Morgan fingerprint density at radius 3 is 2.88 bits per heavy atom. The van der Waals surface area contributed by atoms with Crippen LogP contribution in [0.25, 0.3) is 0 Å². The number of nitrogens with zero attached hydrogens (tertiary/aromatic N) is 1. The van der Waals surface area contributed by atoms with Gasteiger partial charge in [-0.3, -0.25) is 9.78 Å². The zero-order valence-corrected chi connectivity index (χ0v) is 9.91. The van der Waals surface area contributed by atoms with E-state index >= 15 is 0 Å². The Balaban J connectivity index is 2.49. The number of hydrogen-bond acceptors (Lipinski definition) is 3. The third-order valence-corrected chi connectivity index (χ3v) is 2.33. The zero-order chi connectivity index (χ0) is 12.7. The smallest absolute Gasteiger partial charge is 0.335 e. The van der Waals surface area contributed by atoms with Gasteiger partial charge in [-0.1, -0.05) is 0 Å². The van der Waals surface area contributed by atoms with Gasteiger partial charge in [-0.15, -0.1) is 11.6 Å². The number of rotatable bonds is 6. The molecule has 1 aromatic heterocycles. The molecule has 0 radical (unpaired) electrons. The van der Waals surface area contributed by atoms with Crippen LogP contribution < -0.4 is 5.32 Å². The summed E-state index contributed by atoms with van der Waals surface area (Å²) in [6, 6.07) is 2.84. The molecule has 1 aromatic rings. The SMILES string of the molecule is O=C(CCCCl)NCc1cc(C(=O)O)ccn1. The van der Waals surface area contributed by atoms with Gasteiger partial charge in [-0.25, -0.2) is 4.79 Å². The number of carbonyl (C=O) groups excluding carboxylic acids is 1. The van der Waals surface area contributed by atoms with Gasteiger partial charge in [-0.05, 0) is 18.6 Å². The average Bonchev–Trinajstić information content (AvgIpc) is 2.34. The third-order valence-electron chi connectivity index (χ3n) is 2.07. The fraction of sp³-hybridized carbons (Fsp3) is 0.364. The first-order chi connectivity index (χ1) is 8.13. The number of amides is 1. The van der Waals surface area contributed by atoms with Crippen molar-refractivity contribution in [2.24, 2.45) is 0 Å². The highest BCUT2D eigenvalue weighted by atomic mass is 35.5. The molecule has 17 heavy (non-hydrogen) atoms. The summed E-state index contributed by atoms with van der Waals surface area (Å²) >= 11 is 5.46. The predicted molar refractivity (Wildman–Crippen MR) is 63.0 cm³/mol. The molecule has 0 bridgehead atoms. The maximum atomic E-state index is 11.3. The standard InChI is InChI=1S/C11H13ClN2O3/c12-4-1-2-10(15)14-7-9-6-8(11(16)17)3-5-13-9/h3,5-6H,1-2,4,7H2,(H,14,15)(H,16,17). The molecule has 5 nitrogen and oxygen atoms in total. The number of alkyl halides is 1. The van der Waals surface area contributed by atoms with Gasteiger partial charge < -0.3 is 10.4 Å². The molecule has 1 rings (SSSR count). The molecular formula is C11H13ClN2O3. The van der Waals surface area contributed by atoms with Crippen molar-refractivity contribution >= 4 is 23.5 Å². The van der Waals surface area contributed by atoms with Crippen LogP contribution in [0.3, 0.4) is 0 Å². The molecule has 0 unspecified atom stereocenters. The van der Waals surface area contributed by atoms with E-state index in [-0.39, 0.29) is 18.0 Å². The molecule has 6 heteroatoms. The normalized spacial score (nSPS) is 9.94. The van der Waals surface area contributed by atoms with Crippen LogP contribution in [0.4, 0.5) is 0 Å².